The number of anilines is 1. The number of nitrogen functional groups attached to an aromatic ring is 1. The molecule has 222 valence electrons. The van der Waals surface area contributed by atoms with Crippen LogP contribution in [0.5, 0.6) is 0 Å². The number of alkyl halides is 1. The van der Waals surface area contributed by atoms with Gasteiger partial charge in [0.05, 0.1) is 25.1 Å². The molecule has 0 amide bonds. The molecular formula is C23H37FN3O8PS3. The Labute approximate surface area is 240 Å². The molecule has 16 heteroatoms. The topological polar surface area (TPSA) is 160 Å². The molecule has 0 saturated carbocycles. The van der Waals surface area contributed by atoms with E-state index in [0.717, 1.165) is 39.9 Å². The molecule has 3 N–H and O–H groups in total. The van der Waals surface area contributed by atoms with Crippen LogP contribution in [-0.4, -0.2) is 73.7 Å². The number of aliphatic hydroxyl groups is 1. The summed E-state index contributed by atoms with van der Waals surface area (Å²) in [7, 11) is -4.22. The Hall–Kier alpha value is -0.930. The number of aliphatic hydroxyl groups excluding tert-OH is 1. The van der Waals surface area contributed by atoms with E-state index < -0.39 is 53.8 Å². The predicted octanol–water partition coefficient (Wildman–Crippen LogP) is 3.91. The Morgan fingerprint density at radius 3 is 2.08 bits per heavy atom. The number of aromatic nitrogens is 2. The lowest BCUT2D eigenvalue weighted by atomic mass is 9.99. The monoisotopic (exact) mass is 629 g/mol. The molecule has 1 aromatic heterocycles. The maximum Gasteiger partial charge on any atom is 0.474 e. The van der Waals surface area contributed by atoms with Crippen LogP contribution in [0.1, 0.15) is 46.9 Å². The number of thioether (sulfide) groups is 3. The van der Waals surface area contributed by atoms with Gasteiger partial charge in [0, 0.05) is 28.5 Å². The van der Waals surface area contributed by atoms with Crippen LogP contribution in [-0.2, 0) is 27.7 Å². The molecule has 2 rings (SSSR count). The van der Waals surface area contributed by atoms with Crippen LogP contribution < -0.4 is 11.4 Å². The summed E-state index contributed by atoms with van der Waals surface area (Å²) in [4.78, 5) is 40.0. The number of rotatable bonds is 12. The van der Waals surface area contributed by atoms with Crippen molar-refractivity contribution in [2.45, 2.75) is 64.4 Å². The molecule has 1 unspecified atom stereocenters. The van der Waals surface area contributed by atoms with E-state index in [1.54, 1.807) is 41.5 Å². The molecule has 2 heterocycles. The maximum absolute atomic E-state index is 14.9. The van der Waals surface area contributed by atoms with Crippen molar-refractivity contribution in [3.05, 3.63) is 22.7 Å². The molecule has 1 aromatic rings. The molecule has 0 bridgehead atoms. The number of halogens is 1. The first-order chi connectivity index (χ1) is 17.9. The fourth-order valence-electron chi connectivity index (χ4n) is 2.96. The standard InChI is InChI=1S/C23H37FN3O8PS3/c1-22(2,3)19(29)37-11-9-33-36(32,34-10-12-38-20(30)23(4,5)6)35-13-14-17(28)16(24)18(39-14)27-8-7-15(25)26-21(27)31/h7-8,14,16-18,28H,9-13H2,1-6H3,(H2,25,26,31)/t14-,16+,17-,18?/m1/s1. The average molecular weight is 630 g/mol. The summed E-state index contributed by atoms with van der Waals surface area (Å²) in [5.41, 5.74) is 3.60. The maximum atomic E-state index is 14.9. The van der Waals surface area contributed by atoms with E-state index in [-0.39, 0.29) is 40.8 Å². The lowest BCUT2D eigenvalue weighted by Crippen LogP contribution is -2.33. The van der Waals surface area contributed by atoms with Crippen molar-refractivity contribution < 1.29 is 37.2 Å². The van der Waals surface area contributed by atoms with E-state index >= 15 is 0 Å². The van der Waals surface area contributed by atoms with Crippen molar-refractivity contribution in [3.8, 4) is 0 Å². The van der Waals surface area contributed by atoms with Crippen LogP contribution in [0.3, 0.4) is 0 Å². The molecule has 1 fully saturated rings. The second-order valence-corrected chi connectivity index (χ2v) is 15.9. The van der Waals surface area contributed by atoms with E-state index in [1.165, 1.54) is 12.3 Å². The highest BCUT2D eigenvalue weighted by molar-refractivity contribution is 8.14. The largest absolute Gasteiger partial charge is 0.474 e. The number of carbonyl (C=O) groups excluding carboxylic acids is 2. The molecule has 0 radical (unpaired) electrons. The zero-order chi connectivity index (χ0) is 29.6. The number of nitrogens with zero attached hydrogens (tertiary/aromatic N) is 2. The summed E-state index contributed by atoms with van der Waals surface area (Å²) < 4.78 is 45.6. The summed E-state index contributed by atoms with van der Waals surface area (Å²) >= 11 is 2.95. The van der Waals surface area contributed by atoms with Gasteiger partial charge in [0.15, 0.2) is 16.4 Å². The Morgan fingerprint density at radius 2 is 1.62 bits per heavy atom. The molecule has 11 nitrogen and oxygen atoms in total. The summed E-state index contributed by atoms with van der Waals surface area (Å²) in [6.45, 7) is 9.98. The third kappa shape index (κ3) is 10.4. The number of phosphoric ester groups is 1. The van der Waals surface area contributed by atoms with E-state index in [9.17, 15) is 28.4 Å². The summed E-state index contributed by atoms with van der Waals surface area (Å²) in [5, 5.41) is 8.29. The van der Waals surface area contributed by atoms with Gasteiger partial charge < -0.3 is 10.8 Å². The van der Waals surface area contributed by atoms with Crippen molar-refractivity contribution in [1.29, 1.82) is 0 Å². The van der Waals surface area contributed by atoms with Crippen LogP contribution in [0.15, 0.2) is 17.1 Å². The van der Waals surface area contributed by atoms with Gasteiger partial charge in [0.1, 0.15) is 17.3 Å². The molecular weight excluding hydrogens is 592 g/mol. The normalized spacial score (nSPS) is 22.3. The number of phosphoric acid groups is 1. The van der Waals surface area contributed by atoms with E-state index in [4.69, 9.17) is 19.3 Å². The smallest absolute Gasteiger partial charge is 0.389 e. The van der Waals surface area contributed by atoms with Crippen molar-refractivity contribution >= 4 is 59.2 Å². The third-order valence-corrected chi connectivity index (χ3v) is 10.7. The van der Waals surface area contributed by atoms with Gasteiger partial charge in [-0.15, -0.1) is 11.8 Å². The Bertz CT molecular complexity index is 1070. The van der Waals surface area contributed by atoms with Crippen LogP contribution in [0.2, 0.25) is 0 Å². The summed E-state index contributed by atoms with van der Waals surface area (Å²) in [6.07, 6.45) is -2.10. The predicted molar refractivity (Wildman–Crippen MR) is 154 cm³/mol. The lowest BCUT2D eigenvalue weighted by Gasteiger charge is -2.21. The number of hydrogen-bond donors (Lipinski definition) is 2. The number of hydrogen-bond acceptors (Lipinski definition) is 13. The van der Waals surface area contributed by atoms with Gasteiger partial charge in [-0.05, 0) is 6.07 Å². The van der Waals surface area contributed by atoms with Gasteiger partial charge in [-0.2, -0.15) is 4.98 Å². The highest BCUT2D eigenvalue weighted by Gasteiger charge is 2.46. The first-order valence-electron chi connectivity index (χ1n) is 12.1. The van der Waals surface area contributed by atoms with Crippen molar-refractivity contribution in [3.63, 3.8) is 0 Å². The number of carbonyl (C=O) groups is 2. The fourth-order valence-corrected chi connectivity index (χ4v) is 7.49. The summed E-state index contributed by atoms with van der Waals surface area (Å²) in [6, 6.07) is 1.34. The molecule has 39 heavy (non-hydrogen) atoms. The van der Waals surface area contributed by atoms with Gasteiger partial charge in [-0.1, -0.05) is 65.1 Å². The molecule has 1 aliphatic heterocycles. The highest BCUT2D eigenvalue weighted by atomic mass is 32.2. The lowest BCUT2D eigenvalue weighted by molar-refractivity contribution is -0.118. The Balaban J connectivity index is 2.03. The second kappa shape index (κ2) is 14.3. The summed E-state index contributed by atoms with van der Waals surface area (Å²) in [5.74, 6) is 0.356. The van der Waals surface area contributed by atoms with Crippen molar-refractivity contribution in [1.82, 2.24) is 9.55 Å². The molecule has 0 spiro atoms. The van der Waals surface area contributed by atoms with Gasteiger partial charge >= 0.3 is 13.5 Å². The van der Waals surface area contributed by atoms with Gasteiger partial charge in [0.2, 0.25) is 0 Å². The van der Waals surface area contributed by atoms with E-state index in [1.807, 2.05) is 0 Å². The molecule has 1 aliphatic rings. The van der Waals surface area contributed by atoms with E-state index in [2.05, 4.69) is 4.98 Å². The first kappa shape index (κ1) is 34.3. The Kier molecular flexibility index (Phi) is 12.6. The zero-order valence-electron chi connectivity index (χ0n) is 22.8. The quantitative estimate of drug-likeness (QED) is 0.253. The third-order valence-electron chi connectivity index (χ3n) is 5.17. The van der Waals surface area contributed by atoms with Crippen molar-refractivity contribution in [2.75, 3.05) is 37.1 Å². The fraction of sp³-hybridized carbons (Fsp3) is 0.739. The van der Waals surface area contributed by atoms with Crippen molar-refractivity contribution in [2.24, 2.45) is 10.8 Å². The van der Waals surface area contributed by atoms with Crippen LogP contribution in [0, 0.1) is 10.8 Å². The average Bonchev–Trinajstić information content (AvgIpc) is 3.10. The van der Waals surface area contributed by atoms with Gasteiger partial charge in [-0.25, -0.2) is 13.8 Å². The highest BCUT2D eigenvalue weighted by Crippen LogP contribution is 2.52. The molecule has 4 atom stereocenters. The minimum absolute atomic E-state index is 0.0185. The minimum Gasteiger partial charge on any atom is -0.389 e. The van der Waals surface area contributed by atoms with E-state index in [0.29, 0.717) is 0 Å². The molecule has 0 aromatic carbocycles. The van der Waals surface area contributed by atoms with Crippen LogP contribution in [0.4, 0.5) is 10.2 Å². The molecule has 1 saturated heterocycles. The SMILES string of the molecule is CC(C)(C)C(=O)SCCOP(=O)(OCCSC(=O)C(C)(C)C)OC[C@H]1SC(n2ccc(N)nc2=O)[C@@H](F)[C@@H]1O. The molecule has 0 aliphatic carbocycles. The van der Waals surface area contributed by atoms with Crippen LogP contribution in [0.25, 0.3) is 0 Å². The first-order valence-corrected chi connectivity index (χ1v) is 16.5. The van der Waals surface area contributed by atoms with Gasteiger partial charge in [-0.3, -0.25) is 27.7 Å². The minimum atomic E-state index is -4.22. The second-order valence-electron chi connectivity index (χ2n) is 10.7. The number of nitrogens with two attached hydrogens (primary N) is 1. The Morgan fingerprint density at radius 1 is 1.10 bits per heavy atom. The zero-order valence-corrected chi connectivity index (χ0v) is 26.2. The van der Waals surface area contributed by atoms with Gasteiger partial charge in [0.25, 0.3) is 0 Å². The van der Waals surface area contributed by atoms with Crippen LogP contribution >= 0.6 is 43.1 Å².